The van der Waals surface area contributed by atoms with Crippen LogP contribution in [0.5, 0.6) is 0 Å². The Kier molecular flexibility index (Phi) is 4.76. The molecule has 4 nitrogen and oxygen atoms in total. The first-order valence-electron chi connectivity index (χ1n) is 8.46. The highest BCUT2D eigenvalue weighted by molar-refractivity contribution is 5.52. The van der Waals surface area contributed by atoms with E-state index in [0.29, 0.717) is 5.92 Å². The number of rotatable bonds is 5. The van der Waals surface area contributed by atoms with E-state index in [1.54, 1.807) is 0 Å². The lowest BCUT2D eigenvalue weighted by Gasteiger charge is -2.35. The number of unbranched alkanes of at least 4 members (excludes halogenated alkanes) is 1. The molecule has 0 saturated carbocycles. The molecule has 3 rings (SSSR count). The van der Waals surface area contributed by atoms with Crippen molar-refractivity contribution in [3.05, 3.63) is 42.2 Å². The lowest BCUT2D eigenvalue weighted by molar-refractivity contribution is 0.465. The Hall–Kier alpha value is -1.84. The molecule has 0 spiro atoms. The summed E-state index contributed by atoms with van der Waals surface area (Å²) in [5.74, 6) is 1.80. The number of nitrogens with zero attached hydrogens (tertiary/aromatic N) is 4. The Morgan fingerprint density at radius 2 is 2.23 bits per heavy atom. The number of anilines is 1. The van der Waals surface area contributed by atoms with Gasteiger partial charge in [-0.1, -0.05) is 13.3 Å². The van der Waals surface area contributed by atoms with Gasteiger partial charge in [0, 0.05) is 56.0 Å². The molecule has 2 aromatic heterocycles. The van der Waals surface area contributed by atoms with Crippen LogP contribution in [0.25, 0.3) is 0 Å². The zero-order valence-electron chi connectivity index (χ0n) is 13.7. The van der Waals surface area contributed by atoms with Crippen LogP contribution in [-0.2, 0) is 6.54 Å². The number of piperidine rings is 1. The van der Waals surface area contributed by atoms with Gasteiger partial charge in [0.15, 0.2) is 0 Å². The molecule has 0 unspecified atom stereocenters. The van der Waals surface area contributed by atoms with E-state index in [-0.39, 0.29) is 0 Å². The lowest BCUT2D eigenvalue weighted by Crippen LogP contribution is -2.35. The predicted octanol–water partition coefficient (Wildman–Crippen LogP) is 3.77. The van der Waals surface area contributed by atoms with Crippen molar-refractivity contribution in [1.82, 2.24) is 14.5 Å². The van der Waals surface area contributed by atoms with Gasteiger partial charge in [0.1, 0.15) is 5.82 Å². The molecule has 0 amide bonds. The van der Waals surface area contributed by atoms with Crippen LogP contribution in [0.3, 0.4) is 0 Å². The Morgan fingerprint density at radius 1 is 1.32 bits per heavy atom. The average molecular weight is 298 g/mol. The SMILES string of the molecule is CCCCn1ccnc1[C@H]1CCCN(c2ccncc2C)C1. The van der Waals surface area contributed by atoms with Gasteiger partial charge in [0.25, 0.3) is 0 Å². The highest BCUT2D eigenvalue weighted by Crippen LogP contribution is 2.30. The maximum atomic E-state index is 4.67. The summed E-state index contributed by atoms with van der Waals surface area (Å²) in [6.07, 6.45) is 12.9. The van der Waals surface area contributed by atoms with Gasteiger partial charge in [0.05, 0.1) is 0 Å². The minimum atomic E-state index is 0.535. The summed E-state index contributed by atoms with van der Waals surface area (Å²) in [6.45, 7) is 7.68. The van der Waals surface area contributed by atoms with E-state index in [2.05, 4.69) is 45.5 Å². The van der Waals surface area contributed by atoms with Gasteiger partial charge in [-0.15, -0.1) is 0 Å². The maximum absolute atomic E-state index is 4.67. The third-order valence-electron chi connectivity index (χ3n) is 4.62. The van der Waals surface area contributed by atoms with Crippen molar-refractivity contribution in [2.75, 3.05) is 18.0 Å². The standard InChI is InChI=1S/C18H26N4/c1-3-4-10-21-12-9-20-18(21)16-6-5-11-22(14-16)17-7-8-19-13-15(17)2/h7-9,12-13,16H,3-6,10-11,14H2,1-2H3/t16-/m0/s1. The van der Waals surface area contributed by atoms with Gasteiger partial charge in [-0.3, -0.25) is 4.98 Å². The summed E-state index contributed by atoms with van der Waals surface area (Å²) in [6, 6.07) is 2.14. The van der Waals surface area contributed by atoms with E-state index in [4.69, 9.17) is 0 Å². The van der Waals surface area contributed by atoms with Gasteiger partial charge in [0.2, 0.25) is 0 Å². The molecular weight excluding hydrogens is 272 g/mol. The monoisotopic (exact) mass is 298 g/mol. The summed E-state index contributed by atoms with van der Waals surface area (Å²) in [4.78, 5) is 11.4. The van der Waals surface area contributed by atoms with Crippen LogP contribution < -0.4 is 4.90 Å². The van der Waals surface area contributed by atoms with E-state index in [0.717, 1.165) is 19.6 Å². The largest absolute Gasteiger partial charge is 0.370 e. The molecule has 0 radical (unpaired) electrons. The second kappa shape index (κ2) is 6.95. The van der Waals surface area contributed by atoms with E-state index in [9.17, 15) is 0 Å². The van der Waals surface area contributed by atoms with Crippen LogP contribution in [0.1, 0.15) is 49.9 Å². The topological polar surface area (TPSA) is 34.0 Å². The van der Waals surface area contributed by atoms with Gasteiger partial charge < -0.3 is 9.47 Å². The molecule has 1 atom stereocenters. The highest BCUT2D eigenvalue weighted by atomic mass is 15.2. The zero-order valence-corrected chi connectivity index (χ0v) is 13.7. The number of pyridine rings is 1. The number of aromatic nitrogens is 3. The first-order chi connectivity index (χ1) is 10.8. The molecule has 0 N–H and O–H groups in total. The summed E-state index contributed by atoms with van der Waals surface area (Å²) < 4.78 is 2.36. The lowest BCUT2D eigenvalue weighted by atomic mass is 9.96. The molecule has 1 fully saturated rings. The maximum Gasteiger partial charge on any atom is 0.113 e. The Morgan fingerprint density at radius 3 is 3.05 bits per heavy atom. The molecule has 0 aromatic carbocycles. The number of imidazole rings is 1. The first kappa shape index (κ1) is 15.1. The highest BCUT2D eigenvalue weighted by Gasteiger charge is 2.25. The quantitative estimate of drug-likeness (QED) is 0.842. The van der Waals surface area contributed by atoms with E-state index in [1.165, 1.54) is 42.8 Å². The molecule has 1 aliphatic rings. The summed E-state index contributed by atoms with van der Waals surface area (Å²) in [5, 5.41) is 0. The number of aryl methyl sites for hydroxylation is 2. The minimum Gasteiger partial charge on any atom is -0.370 e. The molecule has 4 heteroatoms. The van der Waals surface area contributed by atoms with Crippen molar-refractivity contribution in [2.45, 2.75) is 52.0 Å². The van der Waals surface area contributed by atoms with Crippen LogP contribution >= 0.6 is 0 Å². The van der Waals surface area contributed by atoms with Crippen molar-refractivity contribution in [2.24, 2.45) is 0 Å². The fraction of sp³-hybridized carbons (Fsp3) is 0.556. The minimum absolute atomic E-state index is 0.535. The smallest absolute Gasteiger partial charge is 0.113 e. The third-order valence-corrected chi connectivity index (χ3v) is 4.62. The molecule has 2 aromatic rings. The van der Waals surface area contributed by atoms with Crippen LogP contribution in [-0.4, -0.2) is 27.6 Å². The molecule has 118 valence electrons. The third kappa shape index (κ3) is 3.16. The number of hydrogen-bond donors (Lipinski definition) is 0. The Bertz CT molecular complexity index is 605. The van der Waals surface area contributed by atoms with Crippen LogP contribution in [0.2, 0.25) is 0 Å². The molecule has 1 saturated heterocycles. The Balaban J connectivity index is 1.76. The Labute approximate surface area is 133 Å². The van der Waals surface area contributed by atoms with Gasteiger partial charge in [-0.05, 0) is 37.8 Å². The van der Waals surface area contributed by atoms with E-state index < -0.39 is 0 Å². The molecule has 1 aliphatic heterocycles. The first-order valence-corrected chi connectivity index (χ1v) is 8.46. The predicted molar refractivity (Wildman–Crippen MR) is 90.3 cm³/mol. The zero-order chi connectivity index (χ0) is 15.4. The molecule has 0 aliphatic carbocycles. The van der Waals surface area contributed by atoms with Crippen LogP contribution in [0.15, 0.2) is 30.9 Å². The van der Waals surface area contributed by atoms with Crippen LogP contribution in [0.4, 0.5) is 5.69 Å². The molecule has 3 heterocycles. The molecule has 22 heavy (non-hydrogen) atoms. The van der Waals surface area contributed by atoms with Gasteiger partial charge >= 0.3 is 0 Å². The second-order valence-electron chi connectivity index (χ2n) is 6.28. The normalized spacial score (nSPS) is 18.6. The molecular formula is C18H26N4. The fourth-order valence-corrected chi connectivity index (χ4v) is 3.43. The fourth-order valence-electron chi connectivity index (χ4n) is 3.43. The molecule has 0 bridgehead atoms. The van der Waals surface area contributed by atoms with Crippen molar-refractivity contribution in [3.8, 4) is 0 Å². The van der Waals surface area contributed by atoms with E-state index >= 15 is 0 Å². The van der Waals surface area contributed by atoms with Crippen molar-refractivity contribution in [3.63, 3.8) is 0 Å². The summed E-state index contributed by atoms with van der Waals surface area (Å²) in [5.41, 5.74) is 2.59. The van der Waals surface area contributed by atoms with Crippen LogP contribution in [0, 0.1) is 6.92 Å². The van der Waals surface area contributed by atoms with Crippen molar-refractivity contribution in [1.29, 1.82) is 0 Å². The number of hydrogen-bond acceptors (Lipinski definition) is 3. The van der Waals surface area contributed by atoms with Gasteiger partial charge in [-0.2, -0.15) is 0 Å². The van der Waals surface area contributed by atoms with Crippen molar-refractivity contribution >= 4 is 5.69 Å². The van der Waals surface area contributed by atoms with E-state index in [1.807, 2.05) is 18.6 Å². The van der Waals surface area contributed by atoms with Gasteiger partial charge in [-0.25, -0.2) is 4.98 Å². The summed E-state index contributed by atoms with van der Waals surface area (Å²) in [7, 11) is 0. The van der Waals surface area contributed by atoms with Crippen molar-refractivity contribution < 1.29 is 0 Å². The average Bonchev–Trinajstić information content (AvgIpc) is 3.02. The second-order valence-corrected chi connectivity index (χ2v) is 6.28. The summed E-state index contributed by atoms with van der Waals surface area (Å²) >= 11 is 0.